The number of hydrogen-bond donors (Lipinski definition) is 1. The minimum atomic E-state index is -0.632. The number of carbonyl (C=O) groups is 2. The summed E-state index contributed by atoms with van der Waals surface area (Å²) in [6, 6.07) is 5.30. The van der Waals surface area contributed by atoms with Crippen LogP contribution in [0.2, 0.25) is 0 Å². The minimum Gasteiger partial charge on any atom is -0.490 e. The van der Waals surface area contributed by atoms with Crippen molar-refractivity contribution in [3.05, 3.63) is 28.7 Å². The first kappa shape index (κ1) is 19.3. The normalized spacial score (nSPS) is 16.6. The van der Waals surface area contributed by atoms with Gasteiger partial charge in [-0.1, -0.05) is 30.0 Å². The molecule has 1 N–H and O–H groups in total. The maximum Gasteiger partial charge on any atom is 0.263 e. The van der Waals surface area contributed by atoms with E-state index in [0.717, 1.165) is 5.56 Å². The number of ether oxygens (including phenoxy) is 2. The van der Waals surface area contributed by atoms with Gasteiger partial charge in [-0.2, -0.15) is 0 Å². The molecule has 6 nitrogen and oxygen atoms in total. The molecule has 0 bridgehead atoms. The van der Waals surface area contributed by atoms with Crippen LogP contribution in [0.4, 0.5) is 0 Å². The standard InChI is InChI=1S/C17H20N2O4S2/c1-5-22-13-8-11(9-14-15(20)18-17(24)25-14)6-7-12(13)23-10(2)16(21)19(3)4/h6-10H,5H2,1-4H3,(H,18,20,24)/b14-9-/t10-/m1/s1. The molecular weight excluding hydrogens is 360 g/mol. The highest BCUT2D eigenvalue weighted by atomic mass is 32.2. The van der Waals surface area contributed by atoms with E-state index in [1.54, 1.807) is 45.3 Å². The van der Waals surface area contributed by atoms with Crippen molar-refractivity contribution in [1.29, 1.82) is 0 Å². The number of benzene rings is 1. The van der Waals surface area contributed by atoms with Gasteiger partial charge in [-0.25, -0.2) is 0 Å². The van der Waals surface area contributed by atoms with E-state index >= 15 is 0 Å². The van der Waals surface area contributed by atoms with Crippen LogP contribution in [0.3, 0.4) is 0 Å². The van der Waals surface area contributed by atoms with Gasteiger partial charge in [0.2, 0.25) is 0 Å². The predicted molar refractivity (Wildman–Crippen MR) is 103 cm³/mol. The molecule has 1 aliphatic heterocycles. The smallest absolute Gasteiger partial charge is 0.263 e. The lowest BCUT2D eigenvalue weighted by atomic mass is 10.2. The summed E-state index contributed by atoms with van der Waals surface area (Å²) in [6.07, 6.45) is 1.10. The topological polar surface area (TPSA) is 67.9 Å². The Morgan fingerprint density at radius 2 is 2.12 bits per heavy atom. The van der Waals surface area contributed by atoms with Crippen molar-refractivity contribution in [3.63, 3.8) is 0 Å². The third-order valence-corrected chi connectivity index (χ3v) is 4.46. The molecule has 1 heterocycles. The Balaban J connectivity index is 2.25. The summed E-state index contributed by atoms with van der Waals surface area (Å²) in [6.45, 7) is 4.00. The summed E-state index contributed by atoms with van der Waals surface area (Å²) in [5.74, 6) is 0.645. The van der Waals surface area contributed by atoms with Crippen molar-refractivity contribution in [2.24, 2.45) is 0 Å². The molecule has 2 rings (SSSR count). The molecule has 8 heteroatoms. The third-order valence-electron chi connectivity index (χ3n) is 3.30. The second-order valence-corrected chi connectivity index (χ2v) is 7.20. The van der Waals surface area contributed by atoms with Gasteiger partial charge in [0.05, 0.1) is 11.5 Å². The van der Waals surface area contributed by atoms with E-state index in [1.807, 2.05) is 6.92 Å². The SMILES string of the molecule is CCOc1cc(/C=C2\SC(=S)NC2=O)ccc1O[C@H](C)C(=O)N(C)C. The molecule has 1 aromatic carbocycles. The summed E-state index contributed by atoms with van der Waals surface area (Å²) >= 11 is 6.20. The van der Waals surface area contributed by atoms with Crippen LogP contribution >= 0.6 is 24.0 Å². The van der Waals surface area contributed by atoms with Gasteiger partial charge in [-0.15, -0.1) is 0 Å². The maximum atomic E-state index is 12.0. The van der Waals surface area contributed by atoms with Gasteiger partial charge in [0.25, 0.3) is 11.8 Å². The first-order valence-electron chi connectivity index (χ1n) is 7.71. The molecule has 1 fully saturated rings. The molecule has 1 atom stereocenters. The number of hydrogen-bond acceptors (Lipinski definition) is 6. The molecule has 134 valence electrons. The number of likely N-dealkylation sites (N-methyl/N-ethyl adjacent to an activating group) is 1. The lowest BCUT2D eigenvalue weighted by molar-refractivity contribution is -0.135. The van der Waals surface area contributed by atoms with E-state index < -0.39 is 6.10 Å². The molecule has 1 saturated heterocycles. The molecule has 0 radical (unpaired) electrons. The number of nitrogens with zero attached hydrogens (tertiary/aromatic N) is 1. The van der Waals surface area contributed by atoms with Crippen molar-refractivity contribution in [1.82, 2.24) is 10.2 Å². The highest BCUT2D eigenvalue weighted by Gasteiger charge is 2.22. The van der Waals surface area contributed by atoms with E-state index in [4.69, 9.17) is 21.7 Å². The zero-order chi connectivity index (χ0) is 18.6. The van der Waals surface area contributed by atoms with Crippen LogP contribution in [0.1, 0.15) is 19.4 Å². The van der Waals surface area contributed by atoms with Crippen LogP contribution in [0, 0.1) is 0 Å². The van der Waals surface area contributed by atoms with Gasteiger partial charge in [-0.05, 0) is 37.6 Å². The van der Waals surface area contributed by atoms with E-state index in [-0.39, 0.29) is 11.8 Å². The predicted octanol–water partition coefficient (Wildman–Crippen LogP) is 2.43. The summed E-state index contributed by atoms with van der Waals surface area (Å²) < 4.78 is 11.8. The third kappa shape index (κ3) is 4.96. The fourth-order valence-electron chi connectivity index (χ4n) is 2.16. The maximum absolute atomic E-state index is 12.0. The molecule has 1 aliphatic rings. The highest BCUT2D eigenvalue weighted by molar-refractivity contribution is 8.26. The Bertz CT molecular complexity index is 731. The van der Waals surface area contributed by atoms with Crippen molar-refractivity contribution in [3.8, 4) is 11.5 Å². The largest absolute Gasteiger partial charge is 0.490 e. The average molecular weight is 380 g/mol. The fourth-order valence-corrected chi connectivity index (χ4v) is 3.20. The minimum absolute atomic E-state index is 0.138. The molecular formula is C17H20N2O4S2. The number of amides is 2. The van der Waals surface area contributed by atoms with Gasteiger partial charge in [0.15, 0.2) is 17.6 Å². The quantitative estimate of drug-likeness (QED) is 0.604. The van der Waals surface area contributed by atoms with Crippen LogP contribution in [0.15, 0.2) is 23.1 Å². The zero-order valence-corrected chi connectivity index (χ0v) is 16.1. The van der Waals surface area contributed by atoms with E-state index in [1.165, 1.54) is 16.7 Å². The first-order chi connectivity index (χ1) is 11.8. The lowest BCUT2D eigenvalue weighted by Gasteiger charge is -2.20. The van der Waals surface area contributed by atoms with Crippen LogP contribution < -0.4 is 14.8 Å². The summed E-state index contributed by atoms with van der Waals surface area (Å²) in [5.41, 5.74) is 0.782. The van der Waals surface area contributed by atoms with Gasteiger partial charge < -0.3 is 19.7 Å². The van der Waals surface area contributed by atoms with Crippen molar-refractivity contribution >= 4 is 46.2 Å². The number of rotatable bonds is 6. The molecule has 0 aromatic heterocycles. The van der Waals surface area contributed by atoms with Crippen LogP contribution in [-0.2, 0) is 9.59 Å². The van der Waals surface area contributed by atoms with Crippen LogP contribution in [0.5, 0.6) is 11.5 Å². The van der Waals surface area contributed by atoms with Crippen molar-refractivity contribution in [2.45, 2.75) is 20.0 Å². The van der Waals surface area contributed by atoms with Gasteiger partial charge in [-0.3, -0.25) is 9.59 Å². The monoisotopic (exact) mass is 380 g/mol. The van der Waals surface area contributed by atoms with Gasteiger partial charge in [0.1, 0.15) is 4.32 Å². The van der Waals surface area contributed by atoms with Crippen molar-refractivity contribution in [2.75, 3.05) is 20.7 Å². The Morgan fingerprint density at radius 1 is 1.40 bits per heavy atom. The van der Waals surface area contributed by atoms with Gasteiger partial charge in [0, 0.05) is 14.1 Å². The number of carbonyl (C=O) groups excluding carboxylic acids is 2. The second kappa shape index (κ2) is 8.35. The highest BCUT2D eigenvalue weighted by Crippen LogP contribution is 2.32. The lowest BCUT2D eigenvalue weighted by Crippen LogP contribution is -2.35. The Kier molecular flexibility index (Phi) is 6.44. The second-order valence-electron chi connectivity index (χ2n) is 5.48. The molecule has 0 saturated carbocycles. The Labute approximate surface area is 156 Å². The summed E-state index contributed by atoms with van der Waals surface area (Å²) in [7, 11) is 3.35. The molecule has 0 spiro atoms. The zero-order valence-electron chi connectivity index (χ0n) is 14.5. The van der Waals surface area contributed by atoms with Crippen LogP contribution in [-0.4, -0.2) is 47.8 Å². The molecule has 25 heavy (non-hydrogen) atoms. The van der Waals surface area contributed by atoms with Crippen LogP contribution in [0.25, 0.3) is 6.08 Å². The summed E-state index contributed by atoms with van der Waals surface area (Å²) in [4.78, 5) is 25.7. The Morgan fingerprint density at radius 3 is 2.68 bits per heavy atom. The number of thiocarbonyl (C=S) groups is 1. The molecule has 2 amide bonds. The fraction of sp³-hybridized carbons (Fsp3) is 0.353. The van der Waals surface area contributed by atoms with Gasteiger partial charge >= 0.3 is 0 Å². The number of thioether (sulfide) groups is 1. The molecule has 0 unspecified atom stereocenters. The van der Waals surface area contributed by atoms with E-state index in [9.17, 15) is 9.59 Å². The number of nitrogens with one attached hydrogen (secondary N) is 1. The van der Waals surface area contributed by atoms with Crippen molar-refractivity contribution < 1.29 is 19.1 Å². The van der Waals surface area contributed by atoms with E-state index in [2.05, 4.69) is 5.32 Å². The molecule has 1 aromatic rings. The van der Waals surface area contributed by atoms with E-state index in [0.29, 0.717) is 27.3 Å². The summed E-state index contributed by atoms with van der Waals surface area (Å²) in [5, 5.41) is 2.58. The first-order valence-corrected chi connectivity index (χ1v) is 8.93. The molecule has 0 aliphatic carbocycles. The average Bonchev–Trinajstić information content (AvgIpc) is 2.86. The Hall–Kier alpha value is -2.06.